The molecule has 1 aliphatic carbocycles. The van der Waals surface area contributed by atoms with Crippen LogP contribution in [0.3, 0.4) is 0 Å². The summed E-state index contributed by atoms with van der Waals surface area (Å²) < 4.78 is 10.4. The van der Waals surface area contributed by atoms with Crippen molar-refractivity contribution in [2.45, 2.75) is 31.2 Å². The molecule has 1 atom stereocenters. The van der Waals surface area contributed by atoms with E-state index in [1.54, 1.807) is 20.3 Å². The van der Waals surface area contributed by atoms with Crippen LogP contribution in [-0.4, -0.2) is 20.0 Å². The Morgan fingerprint density at radius 2 is 1.89 bits per heavy atom. The first-order valence-corrected chi connectivity index (χ1v) is 6.16. The van der Waals surface area contributed by atoms with E-state index >= 15 is 0 Å². The number of nitrogens with two attached hydrogens (primary N) is 1. The molecule has 0 bridgehead atoms. The van der Waals surface area contributed by atoms with Crippen molar-refractivity contribution in [3.05, 3.63) is 23.8 Å². The van der Waals surface area contributed by atoms with E-state index in [1.165, 1.54) is 0 Å². The van der Waals surface area contributed by atoms with Crippen LogP contribution in [-0.2, 0) is 10.3 Å². The van der Waals surface area contributed by atoms with Crippen LogP contribution in [0.2, 0.25) is 0 Å². The summed E-state index contributed by atoms with van der Waals surface area (Å²) in [5.74, 6) is 1.37. The molecule has 2 N–H and O–H groups in total. The van der Waals surface area contributed by atoms with Crippen LogP contribution < -0.4 is 15.2 Å². The van der Waals surface area contributed by atoms with Gasteiger partial charge in [0.1, 0.15) is 5.54 Å². The number of methoxy groups -OCH3 is 2. The minimum atomic E-state index is -0.863. The van der Waals surface area contributed by atoms with E-state index in [1.807, 2.05) is 12.1 Å². The fourth-order valence-electron chi connectivity index (χ4n) is 2.47. The minimum Gasteiger partial charge on any atom is -0.493 e. The standard InChI is InChI=1S/C14H19NO3/c1-17-11-7-6-10(9-12(11)18-2)14(15)8-4-3-5-13(14)16/h6-7,9H,3-5,8,15H2,1-2H3. The Balaban J connectivity index is 2.41. The lowest BCUT2D eigenvalue weighted by Gasteiger charge is -2.32. The predicted molar refractivity (Wildman–Crippen MR) is 68.9 cm³/mol. The minimum absolute atomic E-state index is 0.112. The van der Waals surface area contributed by atoms with Gasteiger partial charge in [0.25, 0.3) is 0 Å². The quantitative estimate of drug-likeness (QED) is 0.890. The monoisotopic (exact) mass is 249 g/mol. The average molecular weight is 249 g/mol. The van der Waals surface area contributed by atoms with Gasteiger partial charge >= 0.3 is 0 Å². The molecule has 1 aromatic rings. The zero-order chi connectivity index (χ0) is 13.2. The number of hydrogen-bond acceptors (Lipinski definition) is 4. The van der Waals surface area contributed by atoms with E-state index < -0.39 is 5.54 Å². The molecule has 0 radical (unpaired) electrons. The molecule has 4 nitrogen and oxygen atoms in total. The number of Topliss-reactive ketones (excluding diaryl/α,β-unsaturated/α-hetero) is 1. The van der Waals surface area contributed by atoms with E-state index in [9.17, 15) is 4.79 Å². The molecule has 0 heterocycles. The van der Waals surface area contributed by atoms with Gasteiger partial charge in [0, 0.05) is 6.42 Å². The van der Waals surface area contributed by atoms with Gasteiger partial charge in [0.2, 0.25) is 0 Å². The van der Waals surface area contributed by atoms with Crippen LogP contribution in [0.5, 0.6) is 11.5 Å². The molecule has 1 fully saturated rings. The molecular formula is C14H19NO3. The third-order valence-electron chi connectivity index (χ3n) is 3.62. The fourth-order valence-corrected chi connectivity index (χ4v) is 2.47. The second kappa shape index (κ2) is 4.98. The molecule has 4 heteroatoms. The number of carbonyl (C=O) groups excluding carboxylic acids is 1. The molecule has 0 saturated heterocycles. The third-order valence-corrected chi connectivity index (χ3v) is 3.62. The fraction of sp³-hybridized carbons (Fsp3) is 0.500. The predicted octanol–water partition coefficient (Wildman–Crippen LogP) is 2.00. The van der Waals surface area contributed by atoms with Gasteiger partial charge in [-0.25, -0.2) is 0 Å². The molecule has 1 aliphatic rings. The Bertz CT molecular complexity index is 458. The molecule has 1 aromatic carbocycles. The van der Waals surface area contributed by atoms with Crippen LogP contribution >= 0.6 is 0 Å². The van der Waals surface area contributed by atoms with Crippen molar-refractivity contribution < 1.29 is 14.3 Å². The average Bonchev–Trinajstić information content (AvgIpc) is 2.41. The summed E-state index contributed by atoms with van der Waals surface area (Å²) in [7, 11) is 3.16. The van der Waals surface area contributed by atoms with Crippen molar-refractivity contribution in [2.24, 2.45) is 5.73 Å². The first kappa shape index (κ1) is 12.9. The first-order chi connectivity index (χ1) is 8.61. The molecule has 1 saturated carbocycles. The molecule has 98 valence electrons. The highest BCUT2D eigenvalue weighted by Crippen LogP contribution is 2.36. The van der Waals surface area contributed by atoms with Crippen molar-refractivity contribution in [1.29, 1.82) is 0 Å². The summed E-state index contributed by atoms with van der Waals surface area (Å²) in [4.78, 5) is 12.1. The first-order valence-electron chi connectivity index (χ1n) is 6.16. The second-order valence-electron chi connectivity index (χ2n) is 4.67. The Kier molecular flexibility index (Phi) is 3.57. The third kappa shape index (κ3) is 2.08. The van der Waals surface area contributed by atoms with Crippen molar-refractivity contribution in [1.82, 2.24) is 0 Å². The van der Waals surface area contributed by atoms with Crippen LogP contribution in [0.25, 0.3) is 0 Å². The normalized spacial score (nSPS) is 23.8. The summed E-state index contributed by atoms with van der Waals surface area (Å²) in [6.07, 6.45) is 3.17. The highest BCUT2D eigenvalue weighted by atomic mass is 16.5. The topological polar surface area (TPSA) is 61.5 Å². The largest absolute Gasteiger partial charge is 0.493 e. The maximum atomic E-state index is 12.1. The SMILES string of the molecule is COc1ccc(C2(N)CCCCC2=O)cc1OC. The highest BCUT2D eigenvalue weighted by Gasteiger charge is 2.37. The molecule has 2 rings (SSSR count). The molecule has 1 unspecified atom stereocenters. The Labute approximate surface area is 107 Å². The van der Waals surface area contributed by atoms with Gasteiger partial charge in [-0.05, 0) is 30.5 Å². The molecule has 0 aromatic heterocycles. The smallest absolute Gasteiger partial charge is 0.161 e. The lowest BCUT2D eigenvalue weighted by Crippen LogP contribution is -2.46. The van der Waals surface area contributed by atoms with Gasteiger partial charge in [0.05, 0.1) is 14.2 Å². The molecule has 0 aliphatic heterocycles. The zero-order valence-electron chi connectivity index (χ0n) is 10.9. The Morgan fingerprint density at radius 1 is 1.17 bits per heavy atom. The van der Waals surface area contributed by atoms with Gasteiger partial charge in [-0.3, -0.25) is 4.79 Å². The summed E-state index contributed by atoms with van der Waals surface area (Å²) in [6.45, 7) is 0. The van der Waals surface area contributed by atoms with Crippen molar-refractivity contribution in [3.63, 3.8) is 0 Å². The number of benzene rings is 1. The van der Waals surface area contributed by atoms with E-state index in [-0.39, 0.29) is 5.78 Å². The summed E-state index contributed by atoms with van der Waals surface area (Å²) in [5.41, 5.74) is 6.24. The second-order valence-corrected chi connectivity index (χ2v) is 4.67. The highest BCUT2D eigenvalue weighted by molar-refractivity contribution is 5.90. The molecule has 0 amide bonds. The number of ether oxygens (including phenoxy) is 2. The van der Waals surface area contributed by atoms with Crippen LogP contribution in [0.1, 0.15) is 31.2 Å². The lowest BCUT2D eigenvalue weighted by atomic mass is 9.76. The lowest BCUT2D eigenvalue weighted by molar-refractivity contribution is -0.126. The summed E-state index contributed by atoms with van der Waals surface area (Å²) in [6, 6.07) is 5.46. The van der Waals surface area contributed by atoms with E-state index in [2.05, 4.69) is 0 Å². The maximum Gasteiger partial charge on any atom is 0.161 e. The van der Waals surface area contributed by atoms with Crippen LogP contribution in [0.4, 0.5) is 0 Å². The van der Waals surface area contributed by atoms with E-state index in [0.29, 0.717) is 24.3 Å². The molecule has 18 heavy (non-hydrogen) atoms. The van der Waals surface area contributed by atoms with Gasteiger partial charge in [-0.1, -0.05) is 12.5 Å². The van der Waals surface area contributed by atoms with Crippen molar-refractivity contribution in [3.8, 4) is 11.5 Å². The zero-order valence-corrected chi connectivity index (χ0v) is 10.9. The van der Waals surface area contributed by atoms with Crippen molar-refractivity contribution in [2.75, 3.05) is 14.2 Å². The van der Waals surface area contributed by atoms with Crippen LogP contribution in [0, 0.1) is 0 Å². The van der Waals surface area contributed by atoms with E-state index in [0.717, 1.165) is 18.4 Å². The van der Waals surface area contributed by atoms with Crippen LogP contribution in [0.15, 0.2) is 18.2 Å². The Morgan fingerprint density at radius 3 is 2.50 bits per heavy atom. The molecule has 0 spiro atoms. The number of hydrogen-bond donors (Lipinski definition) is 1. The van der Waals surface area contributed by atoms with Crippen molar-refractivity contribution >= 4 is 5.78 Å². The number of ketones is 1. The summed E-state index contributed by atoms with van der Waals surface area (Å²) in [5, 5.41) is 0. The Hall–Kier alpha value is -1.55. The van der Waals surface area contributed by atoms with Gasteiger partial charge < -0.3 is 15.2 Å². The van der Waals surface area contributed by atoms with Gasteiger partial charge in [-0.2, -0.15) is 0 Å². The van der Waals surface area contributed by atoms with Gasteiger partial charge in [-0.15, -0.1) is 0 Å². The summed E-state index contributed by atoms with van der Waals surface area (Å²) >= 11 is 0. The number of carbonyl (C=O) groups is 1. The van der Waals surface area contributed by atoms with E-state index in [4.69, 9.17) is 15.2 Å². The maximum absolute atomic E-state index is 12.1. The number of rotatable bonds is 3. The van der Waals surface area contributed by atoms with Gasteiger partial charge in [0.15, 0.2) is 17.3 Å². The molecular weight excluding hydrogens is 230 g/mol.